The van der Waals surface area contributed by atoms with Gasteiger partial charge in [0.1, 0.15) is 17.4 Å². The second kappa shape index (κ2) is 6.02. The average molecular weight is 350 g/mol. The topological polar surface area (TPSA) is 61.0 Å². The van der Waals surface area contributed by atoms with Gasteiger partial charge in [-0.1, -0.05) is 39.0 Å². The molecule has 0 spiro atoms. The van der Waals surface area contributed by atoms with E-state index in [1.165, 1.54) is 0 Å². The van der Waals surface area contributed by atoms with E-state index in [1.807, 2.05) is 24.3 Å². The van der Waals surface area contributed by atoms with Crippen LogP contribution in [0.1, 0.15) is 37.9 Å². The van der Waals surface area contributed by atoms with Crippen LogP contribution in [0.25, 0.3) is 0 Å². The molecule has 0 unspecified atom stereocenters. The van der Waals surface area contributed by atoms with Crippen molar-refractivity contribution in [2.45, 2.75) is 32.6 Å². The summed E-state index contributed by atoms with van der Waals surface area (Å²) in [5.74, 6) is 2.00. The number of rotatable bonds is 3. The Morgan fingerprint density at radius 3 is 2.48 bits per heavy atom. The average Bonchev–Trinajstić information content (AvgIpc) is 2.42. The Hall–Kier alpha value is -1.62. The third-order valence-electron chi connectivity index (χ3n) is 3.17. The lowest BCUT2D eigenvalue weighted by molar-refractivity contribution is 0.410. The van der Waals surface area contributed by atoms with Crippen LogP contribution in [-0.2, 0) is 11.8 Å². The molecule has 1 heterocycles. The molecular formula is C16H20BrN3O. The van der Waals surface area contributed by atoms with Gasteiger partial charge in [-0.15, -0.1) is 0 Å². The number of hydrogen-bond acceptors (Lipinski definition) is 4. The van der Waals surface area contributed by atoms with Crippen LogP contribution < -0.4 is 10.5 Å². The van der Waals surface area contributed by atoms with Crippen LogP contribution in [0, 0.1) is 0 Å². The van der Waals surface area contributed by atoms with E-state index in [9.17, 15) is 0 Å². The smallest absolute Gasteiger partial charge is 0.141 e. The Labute approximate surface area is 133 Å². The standard InChI is InChI=1S/C16H20BrN3O/c1-16(2,3)14-13(17)15(18)20-12(19-14)9-10-7-5-6-8-11(10)21-4/h5-8H,9H2,1-4H3,(H2,18,19,20). The number of nitrogens with zero attached hydrogens (tertiary/aromatic N) is 2. The summed E-state index contributed by atoms with van der Waals surface area (Å²) >= 11 is 3.49. The van der Waals surface area contributed by atoms with Crippen molar-refractivity contribution in [3.05, 3.63) is 45.8 Å². The van der Waals surface area contributed by atoms with Gasteiger partial charge in [-0.05, 0) is 22.0 Å². The normalized spacial score (nSPS) is 11.5. The summed E-state index contributed by atoms with van der Waals surface area (Å²) in [7, 11) is 1.66. The molecule has 0 saturated heterocycles. The van der Waals surface area contributed by atoms with Crippen LogP contribution in [0.3, 0.4) is 0 Å². The van der Waals surface area contributed by atoms with Gasteiger partial charge in [-0.25, -0.2) is 9.97 Å². The molecule has 0 amide bonds. The van der Waals surface area contributed by atoms with Gasteiger partial charge < -0.3 is 10.5 Å². The van der Waals surface area contributed by atoms with Crippen molar-refractivity contribution >= 4 is 21.7 Å². The molecule has 112 valence electrons. The molecule has 0 radical (unpaired) electrons. The van der Waals surface area contributed by atoms with E-state index in [-0.39, 0.29) is 5.41 Å². The molecule has 0 saturated carbocycles. The van der Waals surface area contributed by atoms with E-state index in [0.29, 0.717) is 18.1 Å². The number of hydrogen-bond donors (Lipinski definition) is 1. The van der Waals surface area contributed by atoms with Crippen molar-refractivity contribution in [3.63, 3.8) is 0 Å². The van der Waals surface area contributed by atoms with Crippen molar-refractivity contribution < 1.29 is 4.74 Å². The summed E-state index contributed by atoms with van der Waals surface area (Å²) < 4.78 is 6.15. The molecule has 1 aromatic heterocycles. The molecule has 0 aliphatic carbocycles. The molecule has 0 atom stereocenters. The first-order valence-electron chi connectivity index (χ1n) is 6.77. The van der Waals surface area contributed by atoms with Crippen molar-refractivity contribution in [2.75, 3.05) is 12.8 Å². The zero-order valence-corrected chi connectivity index (χ0v) is 14.4. The molecule has 0 aliphatic heterocycles. The highest BCUT2D eigenvalue weighted by molar-refractivity contribution is 9.10. The first kappa shape index (κ1) is 15.8. The molecule has 0 bridgehead atoms. The van der Waals surface area contributed by atoms with Gasteiger partial charge in [0.05, 0.1) is 17.3 Å². The number of nitrogens with two attached hydrogens (primary N) is 1. The van der Waals surface area contributed by atoms with Crippen molar-refractivity contribution in [1.29, 1.82) is 0 Å². The third kappa shape index (κ3) is 3.53. The van der Waals surface area contributed by atoms with Gasteiger partial charge in [0.2, 0.25) is 0 Å². The maximum atomic E-state index is 6.01. The number of nitrogen functional groups attached to an aromatic ring is 1. The highest BCUT2D eigenvalue weighted by Crippen LogP contribution is 2.31. The number of anilines is 1. The van der Waals surface area contributed by atoms with E-state index in [4.69, 9.17) is 10.5 Å². The Bertz CT molecular complexity index is 650. The molecule has 2 N–H and O–H groups in total. The summed E-state index contributed by atoms with van der Waals surface area (Å²) in [6.45, 7) is 6.31. The zero-order chi connectivity index (χ0) is 15.6. The van der Waals surface area contributed by atoms with Gasteiger partial charge >= 0.3 is 0 Å². The van der Waals surface area contributed by atoms with E-state index in [2.05, 4.69) is 46.7 Å². The van der Waals surface area contributed by atoms with E-state index in [1.54, 1.807) is 7.11 Å². The predicted octanol–water partition coefficient (Wildman–Crippen LogP) is 3.72. The predicted molar refractivity (Wildman–Crippen MR) is 88.6 cm³/mol. The Morgan fingerprint density at radius 1 is 1.19 bits per heavy atom. The van der Waals surface area contributed by atoms with Crippen molar-refractivity contribution in [2.24, 2.45) is 0 Å². The van der Waals surface area contributed by atoms with Gasteiger partial charge in [-0.3, -0.25) is 0 Å². The van der Waals surface area contributed by atoms with Gasteiger partial charge in [0, 0.05) is 17.4 Å². The summed E-state index contributed by atoms with van der Waals surface area (Å²) in [5.41, 5.74) is 7.87. The first-order chi connectivity index (χ1) is 9.82. The van der Waals surface area contributed by atoms with E-state index >= 15 is 0 Å². The monoisotopic (exact) mass is 349 g/mol. The minimum absolute atomic E-state index is 0.106. The second-order valence-electron chi connectivity index (χ2n) is 5.93. The first-order valence-corrected chi connectivity index (χ1v) is 7.56. The van der Waals surface area contributed by atoms with Crippen LogP contribution >= 0.6 is 15.9 Å². The number of ether oxygens (including phenoxy) is 1. The van der Waals surface area contributed by atoms with Crippen LogP contribution in [0.5, 0.6) is 5.75 Å². The Kier molecular flexibility index (Phi) is 4.52. The lowest BCUT2D eigenvalue weighted by Gasteiger charge is -2.21. The summed E-state index contributed by atoms with van der Waals surface area (Å²) in [6.07, 6.45) is 0.588. The zero-order valence-electron chi connectivity index (χ0n) is 12.8. The molecule has 21 heavy (non-hydrogen) atoms. The SMILES string of the molecule is COc1ccccc1Cc1nc(N)c(Br)c(C(C)(C)C)n1. The minimum Gasteiger partial charge on any atom is -0.496 e. The van der Waals surface area contributed by atoms with Crippen LogP contribution in [0.2, 0.25) is 0 Å². The summed E-state index contributed by atoms with van der Waals surface area (Å²) in [5, 5.41) is 0. The van der Waals surface area contributed by atoms with Gasteiger partial charge in [-0.2, -0.15) is 0 Å². The fourth-order valence-electron chi connectivity index (χ4n) is 2.11. The lowest BCUT2D eigenvalue weighted by Crippen LogP contribution is -2.18. The minimum atomic E-state index is -0.106. The van der Waals surface area contributed by atoms with Gasteiger partial charge in [0.15, 0.2) is 0 Å². The van der Waals surface area contributed by atoms with Crippen molar-refractivity contribution in [1.82, 2.24) is 9.97 Å². The number of halogens is 1. The summed E-state index contributed by atoms with van der Waals surface area (Å²) in [4.78, 5) is 9.06. The number of aromatic nitrogens is 2. The van der Waals surface area contributed by atoms with Crippen LogP contribution in [-0.4, -0.2) is 17.1 Å². The van der Waals surface area contributed by atoms with Crippen LogP contribution in [0.15, 0.2) is 28.7 Å². The molecule has 4 nitrogen and oxygen atoms in total. The highest BCUT2D eigenvalue weighted by atomic mass is 79.9. The third-order valence-corrected chi connectivity index (χ3v) is 3.96. The van der Waals surface area contributed by atoms with Gasteiger partial charge in [0.25, 0.3) is 0 Å². The van der Waals surface area contributed by atoms with E-state index in [0.717, 1.165) is 21.5 Å². The fraction of sp³-hybridized carbons (Fsp3) is 0.375. The van der Waals surface area contributed by atoms with E-state index < -0.39 is 0 Å². The maximum absolute atomic E-state index is 6.01. The molecule has 0 fully saturated rings. The number of methoxy groups -OCH3 is 1. The summed E-state index contributed by atoms with van der Waals surface area (Å²) in [6, 6.07) is 7.86. The second-order valence-corrected chi connectivity index (χ2v) is 6.72. The molecule has 2 rings (SSSR count). The molecule has 5 heteroatoms. The number of benzene rings is 1. The molecule has 0 aliphatic rings. The fourth-order valence-corrected chi connectivity index (χ4v) is 2.88. The molecular weight excluding hydrogens is 330 g/mol. The highest BCUT2D eigenvalue weighted by Gasteiger charge is 2.22. The maximum Gasteiger partial charge on any atom is 0.141 e. The largest absolute Gasteiger partial charge is 0.496 e. The quantitative estimate of drug-likeness (QED) is 0.917. The Morgan fingerprint density at radius 2 is 1.86 bits per heavy atom. The van der Waals surface area contributed by atoms with Crippen LogP contribution in [0.4, 0.5) is 5.82 Å². The Balaban J connectivity index is 2.44. The van der Waals surface area contributed by atoms with Crippen molar-refractivity contribution in [3.8, 4) is 5.75 Å². The number of para-hydroxylation sites is 1. The molecule has 2 aromatic rings. The molecule has 1 aromatic carbocycles. The lowest BCUT2D eigenvalue weighted by atomic mass is 9.91.